The number of para-hydroxylation sites is 1. The molecule has 3 aromatic rings. The van der Waals surface area contributed by atoms with Crippen LogP contribution in [-0.2, 0) is 9.53 Å². The van der Waals surface area contributed by atoms with E-state index in [0.29, 0.717) is 29.9 Å². The summed E-state index contributed by atoms with van der Waals surface area (Å²) in [4.78, 5) is 23.6. The highest BCUT2D eigenvalue weighted by atomic mass is 19.4. The second kappa shape index (κ2) is 15.7. The fourth-order valence-electron chi connectivity index (χ4n) is 4.31. The number of fused-ring (bicyclic) bond motifs is 1. The first-order valence-electron chi connectivity index (χ1n) is 13.6. The highest BCUT2D eigenvalue weighted by molar-refractivity contribution is 5.84. The fourth-order valence-corrected chi connectivity index (χ4v) is 4.31. The molecule has 216 valence electrons. The number of hydrogen-bond donors (Lipinski definition) is 0. The van der Waals surface area contributed by atoms with Gasteiger partial charge in [0.1, 0.15) is 17.1 Å². The van der Waals surface area contributed by atoms with Crippen LogP contribution in [0.5, 0.6) is 11.5 Å². The first kappa shape index (κ1) is 30.8. The van der Waals surface area contributed by atoms with Gasteiger partial charge in [-0.1, -0.05) is 76.1 Å². The summed E-state index contributed by atoms with van der Waals surface area (Å²) in [6, 6.07) is 12.0. The molecule has 0 unspecified atom stereocenters. The van der Waals surface area contributed by atoms with E-state index in [0.717, 1.165) is 44.6 Å². The summed E-state index contributed by atoms with van der Waals surface area (Å²) in [5.41, 5.74) is -0.498. The summed E-state index contributed by atoms with van der Waals surface area (Å²) in [6.45, 7) is 4.36. The predicted octanol–water partition coefficient (Wildman–Crippen LogP) is 8.37. The van der Waals surface area contributed by atoms with Crippen molar-refractivity contribution in [3.8, 4) is 22.6 Å². The van der Waals surface area contributed by atoms with Gasteiger partial charge in [0.05, 0.1) is 18.8 Å². The van der Waals surface area contributed by atoms with E-state index in [9.17, 15) is 22.8 Å². The third kappa shape index (κ3) is 10.4. The number of halogens is 3. The van der Waals surface area contributed by atoms with E-state index in [4.69, 9.17) is 13.9 Å². The maximum Gasteiger partial charge on any atom is 0.573 e. The van der Waals surface area contributed by atoms with E-state index in [1.807, 2.05) is 0 Å². The number of rotatable bonds is 17. The summed E-state index contributed by atoms with van der Waals surface area (Å²) >= 11 is 0. The van der Waals surface area contributed by atoms with E-state index >= 15 is 0 Å². The van der Waals surface area contributed by atoms with Crippen LogP contribution in [0.3, 0.4) is 0 Å². The minimum atomic E-state index is -4.88. The van der Waals surface area contributed by atoms with Crippen LogP contribution in [0, 0.1) is 0 Å². The van der Waals surface area contributed by atoms with Crippen LogP contribution < -0.4 is 15.1 Å². The molecule has 0 aliphatic carbocycles. The lowest BCUT2D eigenvalue weighted by Gasteiger charge is -2.13. The molecule has 3 rings (SSSR count). The Hall–Kier alpha value is -3.75. The molecule has 1 aromatic heterocycles. The second-order valence-corrected chi connectivity index (χ2v) is 9.45. The lowest BCUT2D eigenvalue weighted by atomic mass is 10.0. The Balaban J connectivity index is 1.37. The molecule has 0 amide bonds. The molecule has 6 nitrogen and oxygen atoms in total. The number of benzene rings is 2. The van der Waals surface area contributed by atoms with Gasteiger partial charge in [-0.3, -0.25) is 0 Å². The summed E-state index contributed by atoms with van der Waals surface area (Å²) < 4.78 is 58.6. The number of ether oxygens (including phenoxy) is 3. The van der Waals surface area contributed by atoms with E-state index < -0.39 is 17.7 Å². The zero-order valence-electron chi connectivity index (χ0n) is 22.5. The minimum Gasteiger partial charge on any atom is -0.493 e. The minimum absolute atomic E-state index is 0.000415. The third-order valence-electron chi connectivity index (χ3n) is 6.33. The van der Waals surface area contributed by atoms with Gasteiger partial charge in [-0.15, -0.1) is 13.2 Å². The van der Waals surface area contributed by atoms with E-state index in [1.165, 1.54) is 56.0 Å². The van der Waals surface area contributed by atoms with Crippen LogP contribution in [-0.4, -0.2) is 25.5 Å². The molecule has 2 aromatic carbocycles. The van der Waals surface area contributed by atoms with Crippen molar-refractivity contribution in [3.05, 3.63) is 71.6 Å². The van der Waals surface area contributed by atoms with Crippen LogP contribution in [0.2, 0.25) is 0 Å². The molecule has 0 saturated carbocycles. The van der Waals surface area contributed by atoms with Crippen LogP contribution in [0.1, 0.15) is 64.2 Å². The number of unbranched alkanes of at least 4 members (excludes halogenated alkanes) is 9. The number of alkyl halides is 3. The molecule has 40 heavy (non-hydrogen) atoms. The third-order valence-corrected chi connectivity index (χ3v) is 6.33. The van der Waals surface area contributed by atoms with Crippen LogP contribution in [0.15, 0.2) is 70.4 Å². The topological polar surface area (TPSA) is 75.0 Å². The van der Waals surface area contributed by atoms with Crippen molar-refractivity contribution < 1.29 is 36.6 Å². The van der Waals surface area contributed by atoms with E-state index in [1.54, 1.807) is 18.2 Å². The number of hydrogen-bond acceptors (Lipinski definition) is 6. The molecule has 0 spiro atoms. The molecule has 0 atom stereocenters. The SMILES string of the molecule is C=CC(=O)OCCCCCCCCCCCCOc1ccc2cc(-c3ccccc3OC(F)(F)F)c(=O)oc2c1. The van der Waals surface area contributed by atoms with Gasteiger partial charge in [-0.2, -0.15) is 0 Å². The normalized spacial score (nSPS) is 11.4. The van der Waals surface area contributed by atoms with Crippen molar-refractivity contribution in [1.82, 2.24) is 0 Å². The maximum atomic E-state index is 12.8. The Morgan fingerprint density at radius 3 is 2.10 bits per heavy atom. The van der Waals surface area contributed by atoms with Gasteiger partial charge in [0.15, 0.2) is 0 Å². The Kier molecular flexibility index (Phi) is 12.1. The van der Waals surface area contributed by atoms with Crippen LogP contribution in [0.4, 0.5) is 13.2 Å². The second-order valence-electron chi connectivity index (χ2n) is 9.45. The average Bonchev–Trinajstić information content (AvgIpc) is 2.92. The van der Waals surface area contributed by atoms with Crippen molar-refractivity contribution in [2.24, 2.45) is 0 Å². The molecule has 9 heteroatoms. The quantitative estimate of drug-likeness (QED) is 0.0715. The molecule has 0 saturated heterocycles. The fraction of sp³-hybridized carbons (Fsp3) is 0.419. The van der Waals surface area contributed by atoms with Crippen molar-refractivity contribution in [2.45, 2.75) is 70.6 Å². The Bertz CT molecular complexity index is 1300. The molecule has 0 fully saturated rings. The van der Waals surface area contributed by atoms with Crippen molar-refractivity contribution in [2.75, 3.05) is 13.2 Å². The van der Waals surface area contributed by atoms with E-state index in [-0.39, 0.29) is 17.1 Å². The molecule has 0 aliphatic heterocycles. The predicted molar refractivity (Wildman–Crippen MR) is 147 cm³/mol. The number of esters is 1. The molecular weight excluding hydrogens is 525 g/mol. The van der Waals surface area contributed by atoms with Gasteiger partial charge in [0.25, 0.3) is 0 Å². The number of carbonyl (C=O) groups excluding carboxylic acids is 1. The smallest absolute Gasteiger partial charge is 0.493 e. The highest BCUT2D eigenvalue weighted by Gasteiger charge is 2.32. The number of carbonyl (C=O) groups is 1. The Morgan fingerprint density at radius 2 is 1.45 bits per heavy atom. The lowest BCUT2D eigenvalue weighted by molar-refractivity contribution is -0.274. The van der Waals surface area contributed by atoms with Crippen LogP contribution >= 0.6 is 0 Å². The zero-order chi connectivity index (χ0) is 28.8. The highest BCUT2D eigenvalue weighted by Crippen LogP contribution is 2.33. The zero-order valence-corrected chi connectivity index (χ0v) is 22.5. The molecule has 0 radical (unpaired) electrons. The molecule has 0 aliphatic rings. The van der Waals surface area contributed by atoms with Gasteiger partial charge in [-0.25, -0.2) is 9.59 Å². The van der Waals surface area contributed by atoms with Gasteiger partial charge < -0.3 is 18.6 Å². The van der Waals surface area contributed by atoms with Crippen molar-refractivity contribution in [1.29, 1.82) is 0 Å². The summed E-state index contributed by atoms with van der Waals surface area (Å²) in [5, 5.41) is 0.555. The molecule has 1 heterocycles. The molecule has 0 bridgehead atoms. The Labute approximate surface area is 231 Å². The standard InChI is InChI=1S/C31H35F3O6/c1-2-29(35)38-20-14-10-8-6-4-3-5-7-9-13-19-37-24-18-17-23-21-26(30(36)39-28(23)22-24)25-15-11-12-16-27(25)40-31(32,33)34/h2,11-12,15-18,21-22H,1,3-10,13-14,19-20H2. The van der Waals surface area contributed by atoms with Gasteiger partial charge in [0, 0.05) is 23.1 Å². The lowest BCUT2D eigenvalue weighted by Crippen LogP contribution is -2.18. The van der Waals surface area contributed by atoms with Crippen molar-refractivity contribution in [3.63, 3.8) is 0 Å². The molecule has 0 N–H and O–H groups in total. The monoisotopic (exact) mass is 560 g/mol. The van der Waals surface area contributed by atoms with Gasteiger partial charge in [-0.05, 0) is 37.1 Å². The van der Waals surface area contributed by atoms with Gasteiger partial charge in [0.2, 0.25) is 0 Å². The largest absolute Gasteiger partial charge is 0.573 e. The first-order chi connectivity index (χ1) is 19.3. The average molecular weight is 561 g/mol. The summed E-state index contributed by atoms with van der Waals surface area (Å²) in [7, 11) is 0. The maximum absolute atomic E-state index is 12.8. The summed E-state index contributed by atoms with van der Waals surface area (Å²) in [6.07, 6.45) is 7.25. The Morgan fingerprint density at radius 1 is 0.825 bits per heavy atom. The van der Waals surface area contributed by atoms with Gasteiger partial charge >= 0.3 is 18.0 Å². The van der Waals surface area contributed by atoms with Crippen molar-refractivity contribution >= 4 is 16.9 Å². The molecular formula is C31H35F3O6. The van der Waals surface area contributed by atoms with Crippen LogP contribution in [0.25, 0.3) is 22.1 Å². The summed E-state index contributed by atoms with van der Waals surface area (Å²) in [5.74, 6) is -0.276. The van der Waals surface area contributed by atoms with E-state index in [2.05, 4.69) is 11.3 Å². The first-order valence-corrected chi connectivity index (χ1v) is 13.6.